The number of nitrogens with two attached hydrogens (primary N) is 1. The van der Waals surface area contributed by atoms with Gasteiger partial charge in [0.25, 0.3) is 0 Å². The first-order valence-electron chi connectivity index (χ1n) is 4.45. The van der Waals surface area contributed by atoms with E-state index in [1.165, 1.54) is 0 Å². The molecule has 1 unspecified atom stereocenters. The largest absolute Gasteiger partial charge is 0.481 e. The van der Waals surface area contributed by atoms with Crippen molar-refractivity contribution in [2.75, 3.05) is 0 Å². The Morgan fingerprint density at radius 2 is 2.40 bits per heavy atom. The van der Waals surface area contributed by atoms with Crippen LogP contribution in [0.25, 0.3) is 5.52 Å². The van der Waals surface area contributed by atoms with E-state index in [0.717, 1.165) is 5.52 Å². The predicted molar refractivity (Wildman–Crippen MR) is 52.2 cm³/mol. The second-order valence-electron chi connectivity index (χ2n) is 3.23. The summed E-state index contributed by atoms with van der Waals surface area (Å²) in [6, 6.07) is 4.80. The van der Waals surface area contributed by atoms with Crippen LogP contribution < -0.4 is 5.73 Å². The van der Waals surface area contributed by atoms with Crippen molar-refractivity contribution in [3.05, 3.63) is 30.1 Å². The molecule has 2 heterocycles. The van der Waals surface area contributed by atoms with Gasteiger partial charge in [0.15, 0.2) is 0 Å². The van der Waals surface area contributed by atoms with Crippen LogP contribution in [0.15, 0.2) is 24.4 Å². The molecule has 0 spiro atoms. The van der Waals surface area contributed by atoms with Crippen molar-refractivity contribution < 1.29 is 9.90 Å². The van der Waals surface area contributed by atoms with E-state index in [1.807, 2.05) is 6.07 Å². The van der Waals surface area contributed by atoms with Crippen LogP contribution in [0, 0.1) is 0 Å². The Labute approximate surface area is 85.3 Å². The van der Waals surface area contributed by atoms with Gasteiger partial charge in [0.05, 0.1) is 29.9 Å². The van der Waals surface area contributed by atoms with Crippen LogP contribution in [0.4, 0.5) is 0 Å². The second-order valence-corrected chi connectivity index (χ2v) is 3.23. The molecule has 0 aliphatic heterocycles. The summed E-state index contributed by atoms with van der Waals surface area (Å²) in [6.45, 7) is 0. The van der Waals surface area contributed by atoms with Crippen molar-refractivity contribution >= 4 is 11.5 Å². The van der Waals surface area contributed by atoms with E-state index in [4.69, 9.17) is 10.8 Å². The van der Waals surface area contributed by atoms with Gasteiger partial charge in [-0.05, 0) is 12.1 Å². The van der Waals surface area contributed by atoms with Crippen LogP contribution >= 0.6 is 0 Å². The summed E-state index contributed by atoms with van der Waals surface area (Å²) < 4.78 is 1.55. The molecule has 3 N–H and O–H groups in total. The summed E-state index contributed by atoms with van der Waals surface area (Å²) in [6.07, 6.45) is 1.47. The number of pyridine rings is 1. The minimum atomic E-state index is -0.931. The summed E-state index contributed by atoms with van der Waals surface area (Å²) in [7, 11) is 0. The molecule has 2 aromatic rings. The SMILES string of the molecule is NC(CC(=O)O)c1cccc2cnnn12. The van der Waals surface area contributed by atoms with Gasteiger partial charge in [-0.25, -0.2) is 4.52 Å². The molecule has 0 aliphatic carbocycles. The lowest BCUT2D eigenvalue weighted by Crippen LogP contribution is -2.18. The number of carbonyl (C=O) groups is 1. The molecule has 6 nitrogen and oxygen atoms in total. The summed E-state index contributed by atoms with van der Waals surface area (Å²) in [5.41, 5.74) is 7.20. The zero-order valence-electron chi connectivity index (χ0n) is 7.87. The van der Waals surface area contributed by atoms with E-state index in [2.05, 4.69) is 10.3 Å². The predicted octanol–water partition coefficient (Wildman–Crippen LogP) is 0.204. The monoisotopic (exact) mass is 206 g/mol. The van der Waals surface area contributed by atoms with E-state index in [0.29, 0.717) is 5.69 Å². The third kappa shape index (κ3) is 1.79. The minimum Gasteiger partial charge on any atom is -0.481 e. The summed E-state index contributed by atoms with van der Waals surface area (Å²) in [4.78, 5) is 10.5. The van der Waals surface area contributed by atoms with Crippen molar-refractivity contribution in [2.24, 2.45) is 5.73 Å². The molecule has 2 rings (SSSR count). The molecule has 78 valence electrons. The topological polar surface area (TPSA) is 93.5 Å². The molecule has 0 saturated carbocycles. The fraction of sp³-hybridized carbons (Fsp3) is 0.222. The summed E-state index contributed by atoms with van der Waals surface area (Å²) in [5, 5.41) is 16.2. The second kappa shape index (κ2) is 3.66. The molecule has 0 bridgehead atoms. The molecule has 0 amide bonds. The van der Waals surface area contributed by atoms with Gasteiger partial charge >= 0.3 is 5.97 Å². The van der Waals surface area contributed by atoms with Gasteiger partial charge in [0, 0.05) is 0 Å². The van der Waals surface area contributed by atoms with Crippen LogP contribution in [0.1, 0.15) is 18.2 Å². The molecule has 2 aromatic heterocycles. The fourth-order valence-corrected chi connectivity index (χ4v) is 1.45. The summed E-state index contributed by atoms with van der Waals surface area (Å²) >= 11 is 0. The van der Waals surface area contributed by atoms with Gasteiger partial charge in [0.1, 0.15) is 0 Å². The molecular weight excluding hydrogens is 196 g/mol. The lowest BCUT2D eigenvalue weighted by Gasteiger charge is -2.10. The quantitative estimate of drug-likeness (QED) is 0.748. The molecule has 0 aliphatic rings. The van der Waals surface area contributed by atoms with Crippen LogP contribution in [-0.2, 0) is 4.79 Å². The maximum atomic E-state index is 10.5. The van der Waals surface area contributed by atoms with Crippen LogP contribution in [0.2, 0.25) is 0 Å². The van der Waals surface area contributed by atoms with E-state index in [-0.39, 0.29) is 6.42 Å². The molecule has 0 saturated heterocycles. The number of fused-ring (bicyclic) bond motifs is 1. The summed E-state index contributed by atoms with van der Waals surface area (Å²) in [5.74, 6) is -0.931. The number of aromatic nitrogens is 3. The van der Waals surface area contributed by atoms with E-state index < -0.39 is 12.0 Å². The minimum absolute atomic E-state index is 0.126. The number of hydrogen-bond acceptors (Lipinski definition) is 4. The first-order chi connectivity index (χ1) is 7.18. The molecule has 0 radical (unpaired) electrons. The van der Waals surface area contributed by atoms with Gasteiger partial charge in [-0.1, -0.05) is 11.3 Å². The highest BCUT2D eigenvalue weighted by atomic mass is 16.4. The van der Waals surface area contributed by atoms with Gasteiger partial charge in [0.2, 0.25) is 0 Å². The van der Waals surface area contributed by atoms with E-state index in [1.54, 1.807) is 22.8 Å². The highest BCUT2D eigenvalue weighted by molar-refractivity contribution is 5.67. The van der Waals surface area contributed by atoms with Gasteiger partial charge < -0.3 is 10.8 Å². The van der Waals surface area contributed by atoms with Crippen LogP contribution in [0.3, 0.4) is 0 Å². The number of rotatable bonds is 3. The fourth-order valence-electron chi connectivity index (χ4n) is 1.45. The Kier molecular flexibility index (Phi) is 2.34. The highest BCUT2D eigenvalue weighted by Crippen LogP contribution is 2.14. The number of carboxylic acids is 1. The van der Waals surface area contributed by atoms with Crippen LogP contribution in [0.5, 0.6) is 0 Å². The van der Waals surface area contributed by atoms with Gasteiger partial charge in [-0.3, -0.25) is 4.79 Å². The maximum absolute atomic E-state index is 10.5. The molecular formula is C9H10N4O2. The number of nitrogens with zero attached hydrogens (tertiary/aromatic N) is 3. The highest BCUT2D eigenvalue weighted by Gasteiger charge is 2.14. The third-order valence-corrected chi connectivity index (χ3v) is 2.13. The Hall–Kier alpha value is -1.95. The third-order valence-electron chi connectivity index (χ3n) is 2.13. The Morgan fingerprint density at radius 1 is 1.60 bits per heavy atom. The van der Waals surface area contributed by atoms with Crippen LogP contribution in [-0.4, -0.2) is 25.9 Å². The Bertz CT molecular complexity index is 494. The molecule has 0 fully saturated rings. The normalized spacial score (nSPS) is 12.9. The zero-order chi connectivity index (χ0) is 10.8. The molecule has 0 aromatic carbocycles. The van der Waals surface area contributed by atoms with Gasteiger partial charge in [-0.2, -0.15) is 0 Å². The van der Waals surface area contributed by atoms with Crippen molar-refractivity contribution in [3.8, 4) is 0 Å². The average Bonchev–Trinajstić information content (AvgIpc) is 2.63. The Balaban J connectivity index is 2.42. The number of aliphatic carboxylic acids is 1. The Morgan fingerprint density at radius 3 is 3.13 bits per heavy atom. The van der Waals surface area contributed by atoms with Gasteiger partial charge in [-0.15, -0.1) is 5.10 Å². The smallest absolute Gasteiger partial charge is 0.305 e. The van der Waals surface area contributed by atoms with Crippen molar-refractivity contribution in [1.29, 1.82) is 0 Å². The zero-order valence-corrected chi connectivity index (χ0v) is 7.87. The van der Waals surface area contributed by atoms with E-state index in [9.17, 15) is 4.79 Å². The lowest BCUT2D eigenvalue weighted by molar-refractivity contribution is -0.137. The first-order valence-corrected chi connectivity index (χ1v) is 4.45. The first kappa shape index (κ1) is 9.60. The van der Waals surface area contributed by atoms with Crippen molar-refractivity contribution in [1.82, 2.24) is 14.8 Å². The average molecular weight is 206 g/mol. The molecule has 15 heavy (non-hydrogen) atoms. The van der Waals surface area contributed by atoms with Crippen molar-refractivity contribution in [2.45, 2.75) is 12.5 Å². The number of hydrogen-bond donors (Lipinski definition) is 2. The van der Waals surface area contributed by atoms with E-state index >= 15 is 0 Å². The standard InChI is InChI=1S/C9H10N4O2/c10-7(4-9(14)15)8-3-1-2-6-5-11-12-13(6)8/h1-3,5,7H,4,10H2,(H,14,15). The molecule has 6 heteroatoms. The molecule has 1 atom stereocenters. The number of carboxylic acid groups (broad SMARTS) is 1. The lowest BCUT2D eigenvalue weighted by atomic mass is 10.1. The maximum Gasteiger partial charge on any atom is 0.305 e. The van der Waals surface area contributed by atoms with Crippen molar-refractivity contribution in [3.63, 3.8) is 0 Å².